The molecule has 0 aliphatic carbocycles. The van der Waals surface area contributed by atoms with Crippen molar-refractivity contribution >= 4 is 17.6 Å². The summed E-state index contributed by atoms with van der Waals surface area (Å²) in [5, 5.41) is 7.45. The van der Waals surface area contributed by atoms with Crippen LogP contribution in [0.1, 0.15) is 5.56 Å². The van der Waals surface area contributed by atoms with Gasteiger partial charge in [-0.1, -0.05) is 12.1 Å². The first kappa shape index (κ1) is 13.9. The van der Waals surface area contributed by atoms with E-state index in [1.807, 2.05) is 43.3 Å². The highest BCUT2D eigenvalue weighted by Gasteiger charge is 2.11. The van der Waals surface area contributed by atoms with Crippen LogP contribution in [-0.2, 0) is 0 Å². The molecule has 0 aliphatic heterocycles. The SMILES string of the molecule is COc1ccc(C)cc1Nc1nc(N)n(-c2ccccn2)n1. The molecule has 0 radical (unpaired) electrons. The minimum atomic E-state index is 0.257. The van der Waals surface area contributed by atoms with Crippen LogP contribution >= 0.6 is 0 Å². The maximum atomic E-state index is 5.91. The van der Waals surface area contributed by atoms with Gasteiger partial charge in [0.15, 0.2) is 5.82 Å². The molecular weight excluding hydrogens is 280 g/mol. The molecule has 0 aliphatic rings. The van der Waals surface area contributed by atoms with Crippen molar-refractivity contribution in [1.29, 1.82) is 0 Å². The molecule has 0 saturated carbocycles. The maximum absolute atomic E-state index is 5.91. The number of aryl methyl sites for hydroxylation is 1. The van der Waals surface area contributed by atoms with Crippen molar-refractivity contribution in [3.05, 3.63) is 48.2 Å². The van der Waals surface area contributed by atoms with E-state index >= 15 is 0 Å². The lowest BCUT2D eigenvalue weighted by atomic mass is 10.2. The lowest BCUT2D eigenvalue weighted by Crippen LogP contribution is -2.04. The molecule has 0 atom stereocenters. The van der Waals surface area contributed by atoms with E-state index in [0.29, 0.717) is 17.5 Å². The Kier molecular flexibility index (Phi) is 3.61. The lowest BCUT2D eigenvalue weighted by molar-refractivity contribution is 0.416. The fourth-order valence-electron chi connectivity index (χ4n) is 2.06. The van der Waals surface area contributed by atoms with Gasteiger partial charge in [-0.15, -0.1) is 5.10 Å². The predicted octanol–water partition coefficient (Wildman–Crippen LogP) is 2.31. The molecule has 7 heteroatoms. The maximum Gasteiger partial charge on any atom is 0.249 e. The van der Waals surface area contributed by atoms with E-state index in [2.05, 4.69) is 20.4 Å². The van der Waals surface area contributed by atoms with Crippen LogP contribution in [0.4, 0.5) is 17.6 Å². The largest absolute Gasteiger partial charge is 0.495 e. The van der Waals surface area contributed by atoms with Gasteiger partial charge >= 0.3 is 0 Å². The molecule has 0 bridgehead atoms. The van der Waals surface area contributed by atoms with Crippen LogP contribution in [0.3, 0.4) is 0 Å². The molecule has 3 rings (SSSR count). The van der Waals surface area contributed by atoms with Crippen molar-refractivity contribution in [3.8, 4) is 11.6 Å². The van der Waals surface area contributed by atoms with Gasteiger partial charge in [0.2, 0.25) is 11.9 Å². The van der Waals surface area contributed by atoms with E-state index in [1.165, 1.54) is 4.68 Å². The van der Waals surface area contributed by atoms with Crippen LogP contribution in [0.25, 0.3) is 5.82 Å². The second-order valence-electron chi connectivity index (χ2n) is 4.72. The second kappa shape index (κ2) is 5.72. The van der Waals surface area contributed by atoms with E-state index in [9.17, 15) is 0 Å². The Bertz CT molecular complexity index is 784. The molecule has 2 aromatic heterocycles. The molecule has 22 heavy (non-hydrogen) atoms. The number of rotatable bonds is 4. The summed E-state index contributed by atoms with van der Waals surface area (Å²) in [6.07, 6.45) is 1.67. The average molecular weight is 296 g/mol. The van der Waals surface area contributed by atoms with Crippen LogP contribution in [0.2, 0.25) is 0 Å². The molecule has 3 N–H and O–H groups in total. The van der Waals surface area contributed by atoms with Crippen molar-refractivity contribution in [2.45, 2.75) is 6.92 Å². The van der Waals surface area contributed by atoms with Gasteiger partial charge in [-0.2, -0.15) is 9.67 Å². The van der Waals surface area contributed by atoms with Gasteiger partial charge in [-0.25, -0.2) is 4.98 Å². The Morgan fingerprint density at radius 3 is 2.82 bits per heavy atom. The van der Waals surface area contributed by atoms with Crippen molar-refractivity contribution in [2.24, 2.45) is 0 Å². The van der Waals surface area contributed by atoms with Crippen LogP contribution in [0.5, 0.6) is 5.75 Å². The summed E-state index contributed by atoms with van der Waals surface area (Å²) < 4.78 is 6.80. The minimum absolute atomic E-state index is 0.257. The number of hydrogen-bond donors (Lipinski definition) is 2. The number of pyridine rings is 1. The molecule has 0 amide bonds. The van der Waals surface area contributed by atoms with E-state index in [1.54, 1.807) is 13.3 Å². The van der Waals surface area contributed by atoms with Crippen LogP contribution in [0.15, 0.2) is 42.6 Å². The monoisotopic (exact) mass is 296 g/mol. The Hall–Kier alpha value is -3.09. The highest BCUT2D eigenvalue weighted by Crippen LogP contribution is 2.27. The summed E-state index contributed by atoms with van der Waals surface area (Å²) >= 11 is 0. The summed E-state index contributed by atoms with van der Waals surface area (Å²) in [5.74, 6) is 1.95. The van der Waals surface area contributed by atoms with Crippen molar-refractivity contribution in [2.75, 3.05) is 18.2 Å². The first-order valence-electron chi connectivity index (χ1n) is 6.73. The van der Waals surface area contributed by atoms with Crippen LogP contribution < -0.4 is 15.8 Å². The van der Waals surface area contributed by atoms with Crippen molar-refractivity contribution < 1.29 is 4.74 Å². The number of nitrogens with one attached hydrogen (secondary N) is 1. The Labute approximate surface area is 127 Å². The Balaban J connectivity index is 1.93. The molecule has 0 saturated heterocycles. The van der Waals surface area contributed by atoms with Gasteiger partial charge in [0.25, 0.3) is 0 Å². The van der Waals surface area contributed by atoms with E-state index < -0.39 is 0 Å². The first-order chi connectivity index (χ1) is 10.7. The van der Waals surface area contributed by atoms with Crippen LogP contribution in [-0.4, -0.2) is 26.9 Å². The highest BCUT2D eigenvalue weighted by molar-refractivity contribution is 5.64. The molecule has 112 valence electrons. The number of hydrogen-bond acceptors (Lipinski definition) is 6. The molecule has 0 spiro atoms. The van der Waals surface area contributed by atoms with Gasteiger partial charge in [-0.05, 0) is 36.8 Å². The summed E-state index contributed by atoms with van der Waals surface area (Å²) in [6, 6.07) is 11.3. The van der Waals surface area contributed by atoms with Gasteiger partial charge in [0, 0.05) is 6.20 Å². The van der Waals surface area contributed by atoms with Gasteiger partial charge in [-0.3, -0.25) is 0 Å². The molecule has 2 heterocycles. The topological polar surface area (TPSA) is 90.9 Å². The van der Waals surface area contributed by atoms with Crippen molar-refractivity contribution in [3.63, 3.8) is 0 Å². The van der Waals surface area contributed by atoms with E-state index in [0.717, 1.165) is 11.3 Å². The third kappa shape index (κ3) is 2.69. The Morgan fingerprint density at radius 2 is 2.09 bits per heavy atom. The van der Waals surface area contributed by atoms with Gasteiger partial charge in [0.05, 0.1) is 12.8 Å². The third-order valence-electron chi connectivity index (χ3n) is 3.10. The number of nitrogens with two attached hydrogens (primary N) is 1. The van der Waals surface area contributed by atoms with E-state index in [4.69, 9.17) is 10.5 Å². The molecular formula is C15H16N6O. The predicted molar refractivity (Wildman–Crippen MR) is 84.6 cm³/mol. The number of ether oxygens (including phenoxy) is 1. The molecule has 7 nitrogen and oxygen atoms in total. The second-order valence-corrected chi connectivity index (χ2v) is 4.72. The summed E-state index contributed by atoms with van der Waals surface area (Å²) in [4.78, 5) is 8.42. The quantitative estimate of drug-likeness (QED) is 0.767. The van der Waals surface area contributed by atoms with E-state index in [-0.39, 0.29) is 5.95 Å². The Morgan fingerprint density at radius 1 is 1.23 bits per heavy atom. The van der Waals surface area contributed by atoms with Crippen LogP contribution in [0, 0.1) is 6.92 Å². The zero-order valence-electron chi connectivity index (χ0n) is 12.3. The third-order valence-corrected chi connectivity index (χ3v) is 3.10. The normalized spacial score (nSPS) is 10.5. The standard InChI is InChI=1S/C15H16N6O/c1-10-6-7-12(22-2)11(9-10)18-15-19-14(16)21(20-15)13-5-3-4-8-17-13/h3-9H,1-2H3,(H3,16,18,19,20). The number of benzene rings is 1. The molecule has 3 aromatic rings. The number of nitrogens with zero attached hydrogens (tertiary/aromatic N) is 4. The highest BCUT2D eigenvalue weighted by atomic mass is 16.5. The fourth-order valence-corrected chi connectivity index (χ4v) is 2.06. The summed E-state index contributed by atoms with van der Waals surface area (Å²) in [7, 11) is 1.62. The minimum Gasteiger partial charge on any atom is -0.495 e. The fraction of sp³-hybridized carbons (Fsp3) is 0.133. The smallest absolute Gasteiger partial charge is 0.249 e. The molecule has 1 aromatic carbocycles. The van der Waals surface area contributed by atoms with Gasteiger partial charge in [0.1, 0.15) is 5.75 Å². The number of anilines is 3. The number of methoxy groups -OCH3 is 1. The zero-order valence-corrected chi connectivity index (χ0v) is 12.3. The number of aromatic nitrogens is 4. The summed E-state index contributed by atoms with van der Waals surface area (Å²) in [6.45, 7) is 2.00. The number of nitrogen functional groups attached to an aromatic ring is 1. The zero-order chi connectivity index (χ0) is 15.5. The molecule has 0 unspecified atom stereocenters. The van der Waals surface area contributed by atoms with Gasteiger partial charge < -0.3 is 15.8 Å². The first-order valence-corrected chi connectivity index (χ1v) is 6.73. The lowest BCUT2D eigenvalue weighted by Gasteiger charge is -2.09. The summed E-state index contributed by atoms with van der Waals surface area (Å²) in [5.41, 5.74) is 7.78. The average Bonchev–Trinajstić information content (AvgIpc) is 2.89. The molecule has 0 fully saturated rings. The van der Waals surface area contributed by atoms with Crippen molar-refractivity contribution in [1.82, 2.24) is 19.7 Å².